The summed E-state index contributed by atoms with van der Waals surface area (Å²) in [4.78, 5) is 36.5. The molecular formula is C18H32BNO4. The topological polar surface area (TPSA) is 72.5 Å². The van der Waals surface area contributed by atoms with E-state index in [-0.39, 0.29) is 11.7 Å². The van der Waals surface area contributed by atoms with Gasteiger partial charge in [0.1, 0.15) is 24.6 Å². The molecule has 0 aromatic carbocycles. The lowest BCUT2D eigenvalue weighted by molar-refractivity contribution is -0.167. The van der Waals surface area contributed by atoms with Crippen molar-refractivity contribution in [2.24, 2.45) is 10.8 Å². The van der Waals surface area contributed by atoms with Crippen molar-refractivity contribution in [1.29, 1.82) is 0 Å². The van der Waals surface area contributed by atoms with Gasteiger partial charge in [0.2, 0.25) is 5.91 Å². The highest BCUT2D eigenvalue weighted by molar-refractivity contribution is 6.11. The monoisotopic (exact) mass is 337 g/mol. The Bertz CT molecular complexity index is 559. The number of ether oxygens (including phenoxy) is 1. The van der Waals surface area contributed by atoms with Gasteiger partial charge in [0, 0.05) is 5.41 Å². The van der Waals surface area contributed by atoms with Crippen LogP contribution >= 0.6 is 0 Å². The van der Waals surface area contributed by atoms with E-state index in [0.717, 1.165) is 11.1 Å². The van der Waals surface area contributed by atoms with E-state index in [4.69, 9.17) is 4.74 Å². The summed E-state index contributed by atoms with van der Waals surface area (Å²) in [6.45, 7) is 15.6. The average molecular weight is 337 g/mol. The predicted octanol–water partition coefficient (Wildman–Crippen LogP) is 1.99. The minimum atomic E-state index is -1.28. The molecule has 1 N–H and O–H groups in total. The highest BCUT2D eigenvalue weighted by Gasteiger charge is 2.41. The summed E-state index contributed by atoms with van der Waals surface area (Å²) in [5, 5.41) is 2.65. The summed E-state index contributed by atoms with van der Waals surface area (Å²) in [6.07, 6.45) is 0.448. The minimum absolute atomic E-state index is 0.0455. The SMILES string of the molecule is BCNC(=O)C(C)(C)C(=O)OC(C)(C)/C(C)=C(/C)C(C)(C)C(C)=O. The second-order valence-electron chi connectivity index (χ2n) is 7.82. The number of hydrogen-bond donors (Lipinski definition) is 1. The van der Waals surface area contributed by atoms with E-state index in [1.54, 1.807) is 42.5 Å². The lowest BCUT2D eigenvalue weighted by Crippen LogP contribution is -2.46. The molecule has 0 saturated carbocycles. The molecule has 136 valence electrons. The maximum Gasteiger partial charge on any atom is 0.321 e. The maximum absolute atomic E-state index is 12.5. The highest BCUT2D eigenvalue weighted by Crippen LogP contribution is 2.35. The smallest absolute Gasteiger partial charge is 0.321 e. The van der Waals surface area contributed by atoms with E-state index in [1.165, 1.54) is 0 Å². The van der Waals surface area contributed by atoms with Crippen molar-refractivity contribution >= 4 is 25.5 Å². The van der Waals surface area contributed by atoms with Crippen LogP contribution in [0.5, 0.6) is 0 Å². The average Bonchev–Trinajstić information content (AvgIpc) is 2.44. The maximum atomic E-state index is 12.5. The molecule has 0 heterocycles. The van der Waals surface area contributed by atoms with Gasteiger partial charge in [-0.1, -0.05) is 5.57 Å². The molecule has 0 spiro atoms. The molecule has 1 amide bonds. The van der Waals surface area contributed by atoms with Crippen molar-refractivity contribution in [3.05, 3.63) is 11.1 Å². The van der Waals surface area contributed by atoms with Crippen LogP contribution in [-0.4, -0.2) is 37.6 Å². The molecule has 0 bridgehead atoms. The van der Waals surface area contributed by atoms with Crippen LogP contribution in [0.3, 0.4) is 0 Å². The van der Waals surface area contributed by atoms with E-state index in [0.29, 0.717) is 6.44 Å². The summed E-state index contributed by atoms with van der Waals surface area (Å²) >= 11 is 0. The van der Waals surface area contributed by atoms with E-state index in [2.05, 4.69) is 5.32 Å². The Kier molecular flexibility index (Phi) is 7.04. The summed E-state index contributed by atoms with van der Waals surface area (Å²) in [5.74, 6) is -0.913. The Morgan fingerprint density at radius 3 is 1.71 bits per heavy atom. The van der Waals surface area contributed by atoms with Gasteiger partial charge in [-0.3, -0.25) is 14.4 Å². The second-order valence-corrected chi connectivity index (χ2v) is 7.82. The van der Waals surface area contributed by atoms with Crippen molar-refractivity contribution in [3.8, 4) is 0 Å². The Balaban J connectivity index is 5.59. The number of Topliss-reactive ketones (excluding diaryl/α,β-unsaturated/α-hetero) is 1. The molecule has 0 atom stereocenters. The number of carbonyl (C=O) groups excluding carboxylic acids is 3. The third-order valence-corrected chi connectivity index (χ3v) is 5.05. The van der Waals surface area contributed by atoms with Gasteiger partial charge in [-0.25, -0.2) is 0 Å². The van der Waals surface area contributed by atoms with Gasteiger partial charge in [-0.2, -0.15) is 0 Å². The molecule has 0 aliphatic rings. The molecule has 0 rings (SSSR count). The van der Waals surface area contributed by atoms with Crippen LogP contribution in [0.1, 0.15) is 62.3 Å². The van der Waals surface area contributed by atoms with Gasteiger partial charge >= 0.3 is 5.97 Å². The largest absolute Gasteiger partial charge is 0.454 e. The molecule has 6 heteroatoms. The molecule has 0 aromatic rings. The van der Waals surface area contributed by atoms with Crippen LogP contribution in [0.25, 0.3) is 0 Å². The fourth-order valence-corrected chi connectivity index (χ4v) is 2.09. The van der Waals surface area contributed by atoms with E-state index in [9.17, 15) is 14.4 Å². The zero-order valence-electron chi connectivity index (χ0n) is 16.8. The number of ketones is 1. The molecule has 0 saturated heterocycles. The first-order valence-corrected chi connectivity index (χ1v) is 8.33. The highest BCUT2D eigenvalue weighted by atomic mass is 16.6. The van der Waals surface area contributed by atoms with Crippen LogP contribution in [0.15, 0.2) is 11.1 Å². The second kappa shape index (κ2) is 7.54. The Hall–Kier alpha value is -1.59. The van der Waals surface area contributed by atoms with Crippen LogP contribution in [0.4, 0.5) is 0 Å². The summed E-state index contributed by atoms with van der Waals surface area (Å²) in [5.41, 5.74) is -1.16. The lowest BCUT2D eigenvalue weighted by Gasteiger charge is -2.35. The van der Waals surface area contributed by atoms with Gasteiger partial charge in [0.25, 0.3) is 0 Å². The zero-order valence-corrected chi connectivity index (χ0v) is 16.8. The van der Waals surface area contributed by atoms with Gasteiger partial charge in [0.15, 0.2) is 0 Å². The molecule has 0 aliphatic heterocycles. The predicted molar refractivity (Wildman–Crippen MR) is 98.3 cm³/mol. The summed E-state index contributed by atoms with van der Waals surface area (Å²) < 4.78 is 5.66. The molecule has 0 unspecified atom stereocenters. The zero-order chi connectivity index (χ0) is 19.5. The Labute approximate surface area is 147 Å². The van der Waals surface area contributed by atoms with Gasteiger partial charge in [0.05, 0.1) is 0 Å². The van der Waals surface area contributed by atoms with E-state index >= 15 is 0 Å². The first kappa shape index (κ1) is 22.4. The quantitative estimate of drug-likeness (QED) is 0.334. The number of amides is 1. The molecular weight excluding hydrogens is 305 g/mol. The van der Waals surface area contributed by atoms with Crippen LogP contribution in [0, 0.1) is 10.8 Å². The van der Waals surface area contributed by atoms with Gasteiger partial charge in [-0.15, -0.1) is 0 Å². The van der Waals surface area contributed by atoms with E-state index in [1.807, 2.05) is 27.7 Å². The van der Waals surface area contributed by atoms with Gasteiger partial charge in [-0.05, 0) is 74.3 Å². The summed E-state index contributed by atoms with van der Waals surface area (Å²) in [7, 11) is 1.79. The van der Waals surface area contributed by atoms with Crippen LogP contribution < -0.4 is 5.32 Å². The number of hydrogen-bond acceptors (Lipinski definition) is 4. The van der Waals surface area contributed by atoms with E-state index < -0.39 is 22.4 Å². The number of esters is 1. The first-order chi connectivity index (χ1) is 10.6. The Morgan fingerprint density at radius 1 is 0.875 bits per heavy atom. The third kappa shape index (κ3) is 4.71. The van der Waals surface area contributed by atoms with Crippen molar-refractivity contribution in [2.75, 3.05) is 6.44 Å². The fourth-order valence-electron chi connectivity index (χ4n) is 2.09. The summed E-state index contributed by atoms with van der Waals surface area (Å²) in [6, 6.07) is 0. The van der Waals surface area contributed by atoms with Gasteiger partial charge < -0.3 is 10.1 Å². The number of carbonyl (C=O) groups is 3. The Morgan fingerprint density at radius 2 is 1.33 bits per heavy atom. The molecule has 0 radical (unpaired) electrons. The third-order valence-electron chi connectivity index (χ3n) is 5.05. The first-order valence-electron chi connectivity index (χ1n) is 8.33. The van der Waals surface area contributed by atoms with Crippen molar-refractivity contribution in [2.45, 2.75) is 67.9 Å². The minimum Gasteiger partial charge on any atom is -0.454 e. The molecule has 0 aliphatic carbocycles. The molecule has 24 heavy (non-hydrogen) atoms. The number of allylic oxidation sites excluding steroid dienone is 1. The standard InChI is InChI=1S/C18H32BNO4/c1-11(16(4,5)13(3)21)12(2)18(8,9)24-15(23)17(6,7)14(22)20-10-19/h10,19H2,1-9H3,(H,20,22)/b12-11-. The normalized spacial score (nSPS) is 13.9. The van der Waals surface area contributed by atoms with Crippen LogP contribution in [0.2, 0.25) is 0 Å². The number of rotatable bonds is 7. The van der Waals surface area contributed by atoms with Crippen LogP contribution in [-0.2, 0) is 19.1 Å². The van der Waals surface area contributed by atoms with Crippen molar-refractivity contribution in [1.82, 2.24) is 5.32 Å². The number of nitrogens with one attached hydrogen (secondary N) is 1. The molecule has 5 nitrogen and oxygen atoms in total. The fraction of sp³-hybridized carbons (Fsp3) is 0.722. The molecule has 0 aromatic heterocycles. The van der Waals surface area contributed by atoms with Crippen molar-refractivity contribution < 1.29 is 19.1 Å². The molecule has 0 fully saturated rings. The lowest BCUT2D eigenvalue weighted by atomic mass is 9.76. The van der Waals surface area contributed by atoms with Crippen molar-refractivity contribution in [3.63, 3.8) is 0 Å².